The summed E-state index contributed by atoms with van der Waals surface area (Å²) in [6.07, 6.45) is 1.62. The minimum atomic E-state index is -1.32. The summed E-state index contributed by atoms with van der Waals surface area (Å²) in [5, 5.41) is 4.70. The Kier molecular flexibility index (Phi) is 12.1. The molecule has 1 aromatic carbocycles. The van der Waals surface area contributed by atoms with E-state index in [1.54, 1.807) is 17.3 Å². The lowest BCUT2D eigenvalue weighted by molar-refractivity contribution is -0.483. The van der Waals surface area contributed by atoms with Gasteiger partial charge < -0.3 is 10.2 Å². The van der Waals surface area contributed by atoms with E-state index in [-0.39, 0.29) is 17.7 Å². The Hall–Kier alpha value is -1.56. The maximum Gasteiger partial charge on any atom is 0.315 e. The molecule has 0 aliphatic carbocycles. The third-order valence-electron chi connectivity index (χ3n) is 5.64. The first-order valence-corrected chi connectivity index (χ1v) is 22.5. The summed E-state index contributed by atoms with van der Waals surface area (Å²) < 4.78 is 0. The summed E-state index contributed by atoms with van der Waals surface area (Å²) >= 11 is 0. The third kappa shape index (κ3) is 13.4. The summed E-state index contributed by atoms with van der Waals surface area (Å²) in [6.45, 7) is 18.4. The Morgan fingerprint density at radius 1 is 0.912 bits per heavy atom. The van der Waals surface area contributed by atoms with Crippen molar-refractivity contribution < 1.29 is 19.7 Å². The fourth-order valence-corrected chi connectivity index (χ4v) is 5.97. The van der Waals surface area contributed by atoms with Crippen LogP contribution in [-0.4, -0.2) is 49.7 Å². The SMILES string of the molecule is CN(C(=O)CC[Si](C)(C)C)c1cc(CNC(=O)CC[Si](C)C)cc([NH2+]C(=O)CC[Si](C)(C)C)c1. The molecule has 0 atom stereocenters. The molecule has 1 aromatic rings. The highest BCUT2D eigenvalue weighted by molar-refractivity contribution is 6.76. The normalized spacial score (nSPS) is 12.1. The van der Waals surface area contributed by atoms with E-state index in [2.05, 4.69) is 57.7 Å². The second kappa shape index (κ2) is 13.5. The first-order chi connectivity index (χ1) is 15.6. The van der Waals surface area contributed by atoms with Gasteiger partial charge in [0.25, 0.3) is 0 Å². The van der Waals surface area contributed by atoms with Crippen molar-refractivity contribution >= 4 is 54.0 Å². The number of nitrogens with one attached hydrogen (secondary N) is 1. The highest BCUT2D eigenvalue weighted by Gasteiger charge is 2.21. The van der Waals surface area contributed by atoms with E-state index < -0.39 is 24.9 Å². The number of nitrogens with two attached hydrogens (primary N) is 1. The van der Waals surface area contributed by atoms with Gasteiger partial charge in [-0.2, -0.15) is 0 Å². The monoisotopic (exact) mass is 521 g/mol. The number of hydrogen-bond acceptors (Lipinski definition) is 3. The van der Waals surface area contributed by atoms with E-state index in [4.69, 9.17) is 0 Å². The van der Waals surface area contributed by atoms with Crippen molar-refractivity contribution in [3.8, 4) is 0 Å². The molecule has 191 valence electrons. The molecule has 6 nitrogen and oxygen atoms in total. The molecule has 0 fully saturated rings. The number of primary amides is 1. The molecule has 9 heteroatoms. The predicted octanol–water partition coefficient (Wildman–Crippen LogP) is 4.59. The van der Waals surface area contributed by atoms with Crippen LogP contribution >= 0.6 is 0 Å². The summed E-state index contributed by atoms with van der Waals surface area (Å²) in [4.78, 5) is 39.5. The van der Waals surface area contributed by atoms with E-state index in [1.165, 1.54) is 0 Å². The lowest BCUT2D eigenvalue weighted by Crippen LogP contribution is -2.82. The average molecular weight is 522 g/mol. The van der Waals surface area contributed by atoms with Gasteiger partial charge in [-0.1, -0.05) is 58.4 Å². The standard InChI is InChI=1S/C25H46N3O3Si3/c1-28(25(31)12-15-34(7,8)9)22-17-20(19-26-23(29)10-13-32(2)3)16-21(18-22)27-24(30)11-14-33(4,5)6/h16-18H,10-15,19H2,1-9H3,(H,26,29)(H,27,30)/p+1. The zero-order valence-electron chi connectivity index (χ0n) is 22.9. The van der Waals surface area contributed by atoms with Crippen molar-refractivity contribution in [1.29, 1.82) is 0 Å². The van der Waals surface area contributed by atoms with Crippen LogP contribution in [0.1, 0.15) is 24.8 Å². The second-order valence-corrected chi connectivity index (χ2v) is 26.3. The molecule has 0 aromatic heterocycles. The van der Waals surface area contributed by atoms with E-state index in [1.807, 2.05) is 18.2 Å². The van der Waals surface area contributed by atoms with E-state index in [0.29, 0.717) is 25.8 Å². The van der Waals surface area contributed by atoms with Gasteiger partial charge in [0.05, 0.1) is 6.42 Å². The van der Waals surface area contributed by atoms with Crippen LogP contribution in [0.5, 0.6) is 0 Å². The molecule has 34 heavy (non-hydrogen) atoms. The number of benzene rings is 1. The number of anilines is 1. The molecule has 0 bridgehead atoms. The zero-order chi connectivity index (χ0) is 26.1. The van der Waals surface area contributed by atoms with E-state index in [0.717, 1.165) is 35.1 Å². The predicted molar refractivity (Wildman–Crippen MR) is 151 cm³/mol. The minimum absolute atomic E-state index is 0.0490. The zero-order valence-corrected chi connectivity index (χ0v) is 25.9. The van der Waals surface area contributed by atoms with Crippen molar-refractivity contribution in [2.45, 2.75) is 96.3 Å². The molecule has 0 unspecified atom stereocenters. The molecule has 1 radical (unpaired) electrons. The van der Waals surface area contributed by atoms with Gasteiger partial charge in [0.15, 0.2) is 0 Å². The highest BCUT2D eigenvalue weighted by atomic mass is 28.3. The van der Waals surface area contributed by atoms with Crippen LogP contribution in [-0.2, 0) is 20.9 Å². The number of amides is 3. The van der Waals surface area contributed by atoms with E-state index in [9.17, 15) is 14.4 Å². The number of rotatable bonds is 13. The second-order valence-electron chi connectivity index (χ2n) is 12.1. The van der Waals surface area contributed by atoms with Gasteiger partial charge in [0.1, 0.15) is 5.69 Å². The summed E-state index contributed by atoms with van der Waals surface area (Å²) in [5.41, 5.74) is 2.46. The smallest absolute Gasteiger partial charge is 0.315 e. The quantitative estimate of drug-likeness (QED) is 0.294. The van der Waals surface area contributed by atoms with Crippen LogP contribution in [0, 0.1) is 0 Å². The van der Waals surface area contributed by atoms with Crippen molar-refractivity contribution in [1.82, 2.24) is 5.32 Å². The van der Waals surface area contributed by atoms with Crippen LogP contribution in [0.4, 0.5) is 11.4 Å². The molecule has 0 saturated heterocycles. The Morgan fingerprint density at radius 2 is 1.50 bits per heavy atom. The fourth-order valence-electron chi connectivity index (χ4n) is 3.28. The van der Waals surface area contributed by atoms with Crippen molar-refractivity contribution in [3.05, 3.63) is 23.8 Å². The Labute approximate surface area is 210 Å². The molecular formula is C25H47N3O3Si3+. The van der Waals surface area contributed by atoms with Gasteiger partial charge >= 0.3 is 5.91 Å². The molecule has 0 heterocycles. The lowest BCUT2D eigenvalue weighted by Gasteiger charge is -2.21. The molecule has 0 saturated carbocycles. The largest absolute Gasteiger partial charge is 0.352 e. The third-order valence-corrected chi connectivity index (χ3v) is 10.4. The molecular weight excluding hydrogens is 475 g/mol. The van der Waals surface area contributed by atoms with Crippen molar-refractivity contribution in [3.63, 3.8) is 0 Å². The molecule has 0 aliphatic rings. The number of nitrogens with zero attached hydrogens (tertiary/aromatic N) is 1. The van der Waals surface area contributed by atoms with Crippen molar-refractivity contribution in [2.24, 2.45) is 0 Å². The molecule has 3 amide bonds. The maximum absolute atomic E-state index is 12.9. The summed E-state index contributed by atoms with van der Waals surface area (Å²) in [7, 11) is -1.24. The van der Waals surface area contributed by atoms with Gasteiger partial charge in [-0.25, -0.2) is 4.79 Å². The lowest BCUT2D eigenvalue weighted by atomic mass is 10.1. The summed E-state index contributed by atoms with van der Waals surface area (Å²) in [5.74, 6) is 0.246. The number of carbonyl (C=O) groups is 3. The van der Waals surface area contributed by atoms with Crippen LogP contribution in [0.2, 0.25) is 70.5 Å². The first-order valence-electron chi connectivity index (χ1n) is 12.4. The van der Waals surface area contributed by atoms with Crippen molar-refractivity contribution in [2.75, 3.05) is 11.9 Å². The maximum atomic E-state index is 12.9. The summed E-state index contributed by atoms with van der Waals surface area (Å²) in [6, 6.07) is 8.66. The molecule has 3 N–H and O–H groups in total. The number of carbonyl (C=O) groups excluding carboxylic acids is 3. The Bertz CT molecular complexity index is 846. The number of quaternary nitrogens is 1. The molecule has 0 spiro atoms. The van der Waals surface area contributed by atoms with Gasteiger partial charge in [0, 0.05) is 69.2 Å². The minimum Gasteiger partial charge on any atom is -0.352 e. The van der Waals surface area contributed by atoms with Gasteiger partial charge in [-0.15, -0.1) is 0 Å². The fraction of sp³-hybridized carbons (Fsp3) is 0.640. The van der Waals surface area contributed by atoms with Crippen LogP contribution < -0.4 is 15.5 Å². The topological polar surface area (TPSA) is 83.1 Å². The first kappa shape index (κ1) is 30.5. The Balaban J connectivity index is 3.02. The molecule has 0 aliphatic heterocycles. The molecule has 1 rings (SSSR count). The van der Waals surface area contributed by atoms with Crippen LogP contribution in [0.15, 0.2) is 18.2 Å². The van der Waals surface area contributed by atoms with Crippen LogP contribution in [0.3, 0.4) is 0 Å². The average Bonchev–Trinajstić information content (AvgIpc) is 2.71. The highest BCUT2D eigenvalue weighted by Crippen LogP contribution is 2.22. The Morgan fingerprint density at radius 3 is 2.06 bits per heavy atom. The van der Waals surface area contributed by atoms with Crippen LogP contribution in [0.25, 0.3) is 0 Å². The van der Waals surface area contributed by atoms with Gasteiger partial charge in [0.2, 0.25) is 11.8 Å². The van der Waals surface area contributed by atoms with Gasteiger partial charge in [-0.05, 0) is 23.7 Å². The van der Waals surface area contributed by atoms with Gasteiger partial charge in [-0.3, -0.25) is 14.9 Å². The van der Waals surface area contributed by atoms with E-state index >= 15 is 0 Å². The number of hydrogen-bond donors (Lipinski definition) is 2.